The number of nitrogens with zero attached hydrogens (tertiary/aromatic N) is 1. The highest BCUT2D eigenvalue weighted by atomic mass is 32.2. The molecule has 0 saturated carbocycles. The molecule has 0 saturated heterocycles. The fraction of sp³-hybridized carbons (Fsp3) is 0.533. The number of guanidine groups is 1. The SMILES string of the molecule is CCCCCCNC(N)=NCc1ccc(S(C)(=O)=O)cc1. The summed E-state index contributed by atoms with van der Waals surface area (Å²) in [6, 6.07) is 6.70. The number of sulfone groups is 1. The van der Waals surface area contributed by atoms with Crippen LogP contribution < -0.4 is 11.1 Å². The molecule has 0 aliphatic carbocycles. The minimum absolute atomic E-state index is 0.317. The molecule has 0 atom stereocenters. The van der Waals surface area contributed by atoms with Crippen LogP contribution in [0.4, 0.5) is 0 Å². The van der Waals surface area contributed by atoms with E-state index in [1.807, 2.05) is 0 Å². The Bertz CT molecular complexity index is 551. The average Bonchev–Trinajstić information content (AvgIpc) is 2.44. The van der Waals surface area contributed by atoms with Gasteiger partial charge in [-0.05, 0) is 24.1 Å². The summed E-state index contributed by atoms with van der Waals surface area (Å²) in [5, 5.41) is 3.08. The minimum Gasteiger partial charge on any atom is -0.370 e. The quantitative estimate of drug-likeness (QED) is 0.437. The summed E-state index contributed by atoms with van der Waals surface area (Å²) < 4.78 is 22.7. The van der Waals surface area contributed by atoms with E-state index in [1.165, 1.54) is 25.5 Å². The van der Waals surface area contributed by atoms with Crippen LogP contribution in [0.5, 0.6) is 0 Å². The topological polar surface area (TPSA) is 84.5 Å². The van der Waals surface area contributed by atoms with Gasteiger partial charge in [0.1, 0.15) is 0 Å². The van der Waals surface area contributed by atoms with Gasteiger partial charge in [0.2, 0.25) is 0 Å². The predicted molar refractivity (Wildman–Crippen MR) is 87.0 cm³/mol. The minimum atomic E-state index is -3.14. The third-order valence-corrected chi connectivity index (χ3v) is 4.25. The van der Waals surface area contributed by atoms with Crippen LogP contribution in [0.1, 0.15) is 38.2 Å². The molecule has 1 aromatic carbocycles. The number of benzene rings is 1. The van der Waals surface area contributed by atoms with Crippen molar-refractivity contribution >= 4 is 15.8 Å². The van der Waals surface area contributed by atoms with E-state index >= 15 is 0 Å². The van der Waals surface area contributed by atoms with Crippen LogP contribution in [0.3, 0.4) is 0 Å². The molecule has 5 nitrogen and oxygen atoms in total. The number of unbranched alkanes of at least 4 members (excludes halogenated alkanes) is 3. The second kappa shape index (κ2) is 8.67. The first-order valence-electron chi connectivity index (χ1n) is 7.26. The summed E-state index contributed by atoms with van der Waals surface area (Å²) in [4.78, 5) is 4.55. The van der Waals surface area contributed by atoms with Crippen molar-refractivity contribution in [2.24, 2.45) is 10.7 Å². The van der Waals surface area contributed by atoms with Crippen molar-refractivity contribution in [1.82, 2.24) is 5.32 Å². The van der Waals surface area contributed by atoms with E-state index in [4.69, 9.17) is 5.73 Å². The first-order chi connectivity index (χ1) is 9.93. The Hall–Kier alpha value is -1.56. The van der Waals surface area contributed by atoms with Crippen LogP contribution >= 0.6 is 0 Å². The van der Waals surface area contributed by atoms with Gasteiger partial charge in [-0.15, -0.1) is 0 Å². The maximum atomic E-state index is 11.3. The van der Waals surface area contributed by atoms with Gasteiger partial charge >= 0.3 is 0 Å². The van der Waals surface area contributed by atoms with Crippen molar-refractivity contribution in [3.05, 3.63) is 29.8 Å². The summed E-state index contributed by atoms with van der Waals surface area (Å²) in [5.74, 6) is 0.429. The van der Waals surface area contributed by atoms with Gasteiger partial charge in [0.15, 0.2) is 15.8 Å². The zero-order valence-electron chi connectivity index (χ0n) is 12.8. The van der Waals surface area contributed by atoms with Crippen molar-refractivity contribution in [2.45, 2.75) is 44.0 Å². The molecule has 1 aromatic rings. The van der Waals surface area contributed by atoms with E-state index in [-0.39, 0.29) is 0 Å². The van der Waals surface area contributed by atoms with Crippen molar-refractivity contribution < 1.29 is 8.42 Å². The fourth-order valence-corrected chi connectivity index (χ4v) is 2.47. The Balaban J connectivity index is 2.41. The molecular weight excluding hydrogens is 286 g/mol. The van der Waals surface area contributed by atoms with Gasteiger partial charge in [-0.25, -0.2) is 13.4 Å². The molecule has 6 heteroatoms. The molecule has 0 aliphatic rings. The maximum absolute atomic E-state index is 11.3. The van der Waals surface area contributed by atoms with Crippen molar-refractivity contribution in [2.75, 3.05) is 12.8 Å². The lowest BCUT2D eigenvalue weighted by Crippen LogP contribution is -2.32. The Labute approximate surface area is 127 Å². The highest BCUT2D eigenvalue weighted by Gasteiger charge is 2.05. The largest absolute Gasteiger partial charge is 0.370 e. The van der Waals surface area contributed by atoms with Crippen LogP contribution in [-0.4, -0.2) is 27.2 Å². The lowest BCUT2D eigenvalue weighted by molar-refractivity contribution is 0.602. The first kappa shape index (κ1) is 17.5. The molecule has 0 aliphatic heterocycles. The van der Waals surface area contributed by atoms with Crippen LogP contribution in [0.2, 0.25) is 0 Å². The number of hydrogen-bond donors (Lipinski definition) is 2. The van der Waals surface area contributed by atoms with E-state index in [1.54, 1.807) is 24.3 Å². The van der Waals surface area contributed by atoms with Gasteiger partial charge in [0, 0.05) is 12.8 Å². The summed E-state index contributed by atoms with van der Waals surface area (Å²) in [6.07, 6.45) is 5.94. The molecule has 0 unspecified atom stereocenters. The molecule has 1 rings (SSSR count). The molecular formula is C15H25N3O2S. The highest BCUT2D eigenvalue weighted by molar-refractivity contribution is 7.90. The van der Waals surface area contributed by atoms with Gasteiger partial charge in [-0.1, -0.05) is 38.3 Å². The number of rotatable bonds is 8. The van der Waals surface area contributed by atoms with Crippen LogP contribution in [0.25, 0.3) is 0 Å². The summed E-state index contributed by atoms with van der Waals surface area (Å²) in [7, 11) is -3.14. The van der Waals surface area contributed by atoms with Crippen LogP contribution in [0.15, 0.2) is 34.2 Å². The standard InChI is InChI=1S/C15H25N3O2S/c1-3-4-5-6-11-17-15(16)18-12-13-7-9-14(10-8-13)21(2,19)20/h7-10H,3-6,11-12H2,1-2H3,(H3,16,17,18). The number of aliphatic imine (C=N–C) groups is 1. The molecule has 0 aromatic heterocycles. The molecule has 118 valence electrons. The van der Waals surface area contributed by atoms with Gasteiger partial charge in [0.25, 0.3) is 0 Å². The molecule has 0 amide bonds. The van der Waals surface area contributed by atoms with Gasteiger partial charge in [-0.2, -0.15) is 0 Å². The fourth-order valence-electron chi connectivity index (χ4n) is 1.84. The van der Waals surface area contributed by atoms with Gasteiger partial charge in [0.05, 0.1) is 11.4 Å². The van der Waals surface area contributed by atoms with Crippen molar-refractivity contribution in [1.29, 1.82) is 0 Å². The lowest BCUT2D eigenvalue weighted by Gasteiger charge is -2.05. The average molecular weight is 311 g/mol. The Morgan fingerprint density at radius 3 is 2.43 bits per heavy atom. The molecule has 21 heavy (non-hydrogen) atoms. The highest BCUT2D eigenvalue weighted by Crippen LogP contribution is 2.10. The Kier molecular flexibility index (Phi) is 7.22. The smallest absolute Gasteiger partial charge is 0.188 e. The third kappa shape index (κ3) is 7.13. The van der Waals surface area contributed by atoms with E-state index < -0.39 is 9.84 Å². The van der Waals surface area contributed by atoms with Gasteiger partial charge in [-0.3, -0.25) is 0 Å². The third-order valence-electron chi connectivity index (χ3n) is 3.12. The molecule has 0 heterocycles. The zero-order chi connectivity index (χ0) is 15.7. The number of hydrogen-bond acceptors (Lipinski definition) is 3. The Morgan fingerprint density at radius 1 is 1.19 bits per heavy atom. The maximum Gasteiger partial charge on any atom is 0.188 e. The van der Waals surface area contributed by atoms with Crippen molar-refractivity contribution in [3.8, 4) is 0 Å². The normalized spacial score (nSPS) is 12.4. The molecule has 0 spiro atoms. The Morgan fingerprint density at radius 2 is 1.86 bits per heavy atom. The number of nitrogens with one attached hydrogen (secondary N) is 1. The van der Waals surface area contributed by atoms with Crippen LogP contribution in [-0.2, 0) is 16.4 Å². The molecule has 0 fully saturated rings. The summed E-state index contributed by atoms with van der Waals surface area (Å²) in [6.45, 7) is 3.46. The van der Waals surface area contributed by atoms with Gasteiger partial charge < -0.3 is 11.1 Å². The van der Waals surface area contributed by atoms with E-state index in [9.17, 15) is 8.42 Å². The van der Waals surface area contributed by atoms with E-state index in [0.717, 1.165) is 18.5 Å². The summed E-state index contributed by atoms with van der Waals surface area (Å²) in [5.41, 5.74) is 6.71. The predicted octanol–water partition coefficient (Wildman–Crippen LogP) is 2.07. The molecule has 3 N–H and O–H groups in total. The zero-order valence-corrected chi connectivity index (χ0v) is 13.6. The number of nitrogens with two attached hydrogens (primary N) is 1. The summed E-state index contributed by atoms with van der Waals surface area (Å²) >= 11 is 0. The first-order valence-corrected chi connectivity index (χ1v) is 9.15. The monoisotopic (exact) mass is 311 g/mol. The second-order valence-electron chi connectivity index (χ2n) is 5.11. The second-order valence-corrected chi connectivity index (χ2v) is 7.12. The lowest BCUT2D eigenvalue weighted by atomic mass is 10.2. The van der Waals surface area contributed by atoms with E-state index in [0.29, 0.717) is 17.4 Å². The molecule has 0 bridgehead atoms. The molecule has 0 radical (unpaired) electrons. The van der Waals surface area contributed by atoms with Crippen molar-refractivity contribution in [3.63, 3.8) is 0 Å². The van der Waals surface area contributed by atoms with Crippen LogP contribution in [0, 0.1) is 0 Å². The van der Waals surface area contributed by atoms with E-state index in [2.05, 4.69) is 17.2 Å².